The van der Waals surface area contributed by atoms with Crippen molar-refractivity contribution in [3.8, 4) is 0 Å². The maximum atomic E-state index is 12.5. The number of aryl methyl sites for hydroxylation is 1. The lowest BCUT2D eigenvalue weighted by molar-refractivity contribution is -0.179. The van der Waals surface area contributed by atoms with Gasteiger partial charge in [-0.15, -0.1) is 0 Å². The smallest absolute Gasteiger partial charge is 0.356 e. The Labute approximate surface area is 104 Å². The first kappa shape index (κ1) is 13.1. The van der Waals surface area contributed by atoms with Gasteiger partial charge in [0.25, 0.3) is 0 Å². The number of alkyl halides is 3. The molecule has 0 radical (unpaired) electrons. The van der Waals surface area contributed by atoms with Gasteiger partial charge in [0.2, 0.25) is 0 Å². The molecule has 1 aromatic rings. The Morgan fingerprint density at radius 2 is 1.94 bits per heavy atom. The lowest BCUT2D eigenvalue weighted by Crippen LogP contribution is -2.39. The summed E-state index contributed by atoms with van der Waals surface area (Å²) >= 11 is 0. The van der Waals surface area contributed by atoms with Gasteiger partial charge in [-0.25, -0.2) is 9.97 Å². The number of nitrogens with zero attached hydrogens (tertiary/aromatic N) is 3. The molecule has 1 aliphatic rings. The van der Waals surface area contributed by atoms with Crippen LogP contribution in [0.2, 0.25) is 0 Å². The van der Waals surface area contributed by atoms with E-state index in [1.165, 1.54) is 6.33 Å². The molecular formula is C12H16F3N3. The molecule has 2 rings (SSSR count). The minimum atomic E-state index is -4.06. The average molecular weight is 259 g/mol. The highest BCUT2D eigenvalue weighted by Gasteiger charge is 2.41. The molecule has 0 unspecified atom stereocenters. The van der Waals surface area contributed by atoms with Gasteiger partial charge in [-0.3, -0.25) is 0 Å². The number of halogens is 3. The van der Waals surface area contributed by atoms with E-state index < -0.39 is 12.1 Å². The van der Waals surface area contributed by atoms with Crippen molar-refractivity contribution in [2.75, 3.05) is 18.0 Å². The minimum absolute atomic E-state index is 0.148. The molecule has 1 fully saturated rings. The third kappa shape index (κ3) is 2.91. The summed E-state index contributed by atoms with van der Waals surface area (Å²) in [7, 11) is 0. The highest BCUT2D eigenvalue weighted by atomic mass is 19.4. The van der Waals surface area contributed by atoms with Crippen molar-refractivity contribution in [3.63, 3.8) is 0 Å². The van der Waals surface area contributed by atoms with Crippen molar-refractivity contribution in [3.05, 3.63) is 18.1 Å². The molecule has 0 spiro atoms. The van der Waals surface area contributed by atoms with Crippen molar-refractivity contribution in [1.29, 1.82) is 0 Å². The Kier molecular flexibility index (Phi) is 3.73. The second kappa shape index (κ2) is 5.12. The first-order chi connectivity index (χ1) is 8.50. The van der Waals surface area contributed by atoms with Crippen molar-refractivity contribution in [1.82, 2.24) is 9.97 Å². The molecule has 0 bridgehead atoms. The fraction of sp³-hybridized carbons (Fsp3) is 0.667. The van der Waals surface area contributed by atoms with Crippen LogP contribution in [-0.2, 0) is 6.42 Å². The standard InChI is InChI=1S/C12H16F3N3/c1-2-10-7-11(17-8-16-10)18-5-3-9(4-6-18)12(13,14)15/h7-9H,2-6H2,1H3. The second-order valence-corrected chi connectivity index (χ2v) is 4.52. The zero-order valence-corrected chi connectivity index (χ0v) is 10.2. The van der Waals surface area contributed by atoms with Crippen molar-refractivity contribution < 1.29 is 13.2 Å². The summed E-state index contributed by atoms with van der Waals surface area (Å²) in [5.41, 5.74) is 0.915. The molecule has 1 aliphatic heterocycles. The lowest BCUT2D eigenvalue weighted by atomic mass is 9.96. The fourth-order valence-electron chi connectivity index (χ4n) is 2.19. The van der Waals surface area contributed by atoms with E-state index in [1.807, 2.05) is 17.9 Å². The first-order valence-electron chi connectivity index (χ1n) is 6.13. The van der Waals surface area contributed by atoms with Gasteiger partial charge in [-0.05, 0) is 19.3 Å². The predicted molar refractivity (Wildman–Crippen MR) is 62.4 cm³/mol. The average Bonchev–Trinajstić information content (AvgIpc) is 2.38. The van der Waals surface area contributed by atoms with Crippen LogP contribution in [0.4, 0.5) is 19.0 Å². The van der Waals surface area contributed by atoms with Gasteiger partial charge in [-0.1, -0.05) is 6.92 Å². The number of anilines is 1. The molecule has 3 nitrogen and oxygen atoms in total. The third-order valence-corrected chi connectivity index (χ3v) is 3.35. The first-order valence-corrected chi connectivity index (χ1v) is 6.13. The molecule has 1 aromatic heterocycles. The van der Waals surface area contributed by atoms with Crippen LogP contribution < -0.4 is 4.90 Å². The molecule has 0 aromatic carbocycles. The number of aromatic nitrogens is 2. The van der Waals surface area contributed by atoms with Crippen LogP contribution in [-0.4, -0.2) is 29.2 Å². The van der Waals surface area contributed by atoms with E-state index in [9.17, 15) is 13.2 Å². The predicted octanol–water partition coefficient (Wildman–Crippen LogP) is 2.82. The topological polar surface area (TPSA) is 29.0 Å². The van der Waals surface area contributed by atoms with Crippen LogP contribution in [0.3, 0.4) is 0 Å². The van der Waals surface area contributed by atoms with Gasteiger partial charge in [0.1, 0.15) is 12.1 Å². The molecule has 1 saturated heterocycles. The largest absolute Gasteiger partial charge is 0.391 e. The molecule has 2 heterocycles. The molecule has 18 heavy (non-hydrogen) atoms. The van der Waals surface area contributed by atoms with Crippen molar-refractivity contribution in [2.45, 2.75) is 32.4 Å². The van der Waals surface area contributed by atoms with E-state index in [-0.39, 0.29) is 12.8 Å². The zero-order valence-electron chi connectivity index (χ0n) is 10.2. The van der Waals surface area contributed by atoms with Crippen molar-refractivity contribution >= 4 is 5.82 Å². The molecule has 6 heteroatoms. The molecule has 100 valence electrons. The van der Waals surface area contributed by atoms with Crippen molar-refractivity contribution in [2.24, 2.45) is 5.92 Å². The van der Waals surface area contributed by atoms with Gasteiger partial charge in [-0.2, -0.15) is 13.2 Å². The molecule has 0 saturated carbocycles. The lowest BCUT2D eigenvalue weighted by Gasteiger charge is -2.33. The van der Waals surface area contributed by atoms with Gasteiger partial charge in [0, 0.05) is 24.8 Å². The van der Waals surface area contributed by atoms with E-state index in [1.54, 1.807) is 0 Å². The SMILES string of the molecule is CCc1cc(N2CCC(C(F)(F)F)CC2)ncn1. The van der Waals surface area contributed by atoms with Gasteiger partial charge < -0.3 is 4.90 Å². The molecule has 0 amide bonds. The Bertz CT molecular complexity index is 398. The van der Waals surface area contributed by atoms with Crippen LogP contribution in [0.1, 0.15) is 25.5 Å². The highest BCUT2D eigenvalue weighted by molar-refractivity contribution is 5.39. The number of rotatable bonds is 2. The molecule has 0 aliphatic carbocycles. The monoisotopic (exact) mass is 259 g/mol. The maximum Gasteiger partial charge on any atom is 0.391 e. The normalized spacial score (nSPS) is 18.1. The Morgan fingerprint density at radius 1 is 1.28 bits per heavy atom. The quantitative estimate of drug-likeness (QED) is 0.817. The van der Waals surface area contributed by atoms with E-state index in [4.69, 9.17) is 0 Å². The van der Waals surface area contributed by atoms with Crippen LogP contribution in [0.5, 0.6) is 0 Å². The summed E-state index contributed by atoms with van der Waals surface area (Å²) in [4.78, 5) is 10.1. The Morgan fingerprint density at radius 3 is 2.50 bits per heavy atom. The van der Waals surface area contributed by atoms with E-state index in [0.717, 1.165) is 17.9 Å². The van der Waals surface area contributed by atoms with Crippen LogP contribution in [0, 0.1) is 5.92 Å². The van der Waals surface area contributed by atoms with Gasteiger partial charge >= 0.3 is 6.18 Å². The zero-order chi connectivity index (χ0) is 13.2. The van der Waals surface area contributed by atoms with Gasteiger partial charge in [0.05, 0.1) is 5.92 Å². The van der Waals surface area contributed by atoms with E-state index in [0.29, 0.717) is 13.1 Å². The number of hydrogen-bond donors (Lipinski definition) is 0. The van der Waals surface area contributed by atoms with Gasteiger partial charge in [0.15, 0.2) is 0 Å². The van der Waals surface area contributed by atoms with Crippen LogP contribution in [0.25, 0.3) is 0 Å². The van der Waals surface area contributed by atoms with Crippen LogP contribution in [0.15, 0.2) is 12.4 Å². The second-order valence-electron chi connectivity index (χ2n) is 4.52. The Balaban J connectivity index is 2.01. The van der Waals surface area contributed by atoms with Crippen LogP contribution >= 0.6 is 0 Å². The van der Waals surface area contributed by atoms with E-state index >= 15 is 0 Å². The molecule has 0 atom stereocenters. The number of piperidine rings is 1. The number of hydrogen-bond acceptors (Lipinski definition) is 3. The minimum Gasteiger partial charge on any atom is -0.356 e. The summed E-state index contributed by atoms with van der Waals surface area (Å²) < 4.78 is 37.6. The van der Waals surface area contributed by atoms with E-state index in [2.05, 4.69) is 9.97 Å². The summed E-state index contributed by atoms with van der Waals surface area (Å²) in [6.45, 7) is 2.80. The molecular weight excluding hydrogens is 243 g/mol. The molecule has 0 N–H and O–H groups in total. The third-order valence-electron chi connectivity index (χ3n) is 3.35. The summed E-state index contributed by atoms with van der Waals surface area (Å²) in [6, 6.07) is 1.86. The summed E-state index contributed by atoms with van der Waals surface area (Å²) in [5, 5.41) is 0. The summed E-state index contributed by atoms with van der Waals surface area (Å²) in [5.74, 6) is -0.427. The fourth-order valence-corrected chi connectivity index (χ4v) is 2.19. The maximum absolute atomic E-state index is 12.5. The summed E-state index contributed by atoms with van der Waals surface area (Å²) in [6.07, 6.45) is -1.49. The Hall–Kier alpha value is -1.33. The highest BCUT2D eigenvalue weighted by Crippen LogP contribution is 2.34.